The molecule has 1 aromatic rings. The first-order chi connectivity index (χ1) is 11.7. The predicted octanol–water partition coefficient (Wildman–Crippen LogP) is 1.58. The molecule has 130 valence electrons. The van der Waals surface area contributed by atoms with Gasteiger partial charge in [-0.05, 0) is 24.0 Å². The van der Waals surface area contributed by atoms with Crippen molar-refractivity contribution in [3.05, 3.63) is 35.4 Å². The van der Waals surface area contributed by atoms with Gasteiger partial charge in [0.25, 0.3) is 0 Å². The highest BCUT2D eigenvalue weighted by Crippen LogP contribution is 2.53. The third kappa shape index (κ3) is 2.27. The molecule has 2 aliphatic heterocycles. The van der Waals surface area contributed by atoms with E-state index in [1.54, 1.807) is 4.31 Å². The minimum absolute atomic E-state index is 0.103. The van der Waals surface area contributed by atoms with Crippen molar-refractivity contribution in [3.63, 3.8) is 0 Å². The zero-order valence-electron chi connectivity index (χ0n) is 13.8. The van der Waals surface area contributed by atoms with E-state index < -0.39 is 10.0 Å². The lowest BCUT2D eigenvalue weighted by atomic mass is 9.93. The molecule has 2 heterocycles. The Kier molecular flexibility index (Phi) is 3.53. The summed E-state index contributed by atoms with van der Waals surface area (Å²) in [4.78, 5) is 2.51. The molecule has 5 nitrogen and oxygen atoms in total. The van der Waals surface area contributed by atoms with E-state index in [0.717, 1.165) is 39.1 Å². The van der Waals surface area contributed by atoms with E-state index in [1.807, 2.05) is 0 Å². The van der Waals surface area contributed by atoms with Crippen LogP contribution in [-0.2, 0) is 14.8 Å². The zero-order chi connectivity index (χ0) is 16.3. The predicted molar refractivity (Wildman–Crippen MR) is 91.3 cm³/mol. The number of fused-ring (bicyclic) bond motifs is 3. The molecule has 3 atom stereocenters. The average Bonchev–Trinajstić information content (AvgIpc) is 3.30. The van der Waals surface area contributed by atoms with E-state index in [9.17, 15) is 8.42 Å². The van der Waals surface area contributed by atoms with Crippen LogP contribution in [-0.4, -0.2) is 62.3 Å². The Labute approximate surface area is 143 Å². The van der Waals surface area contributed by atoms with Gasteiger partial charge < -0.3 is 4.74 Å². The lowest BCUT2D eigenvalue weighted by Crippen LogP contribution is -2.42. The number of hydrogen-bond donors (Lipinski definition) is 0. The molecule has 3 fully saturated rings. The van der Waals surface area contributed by atoms with Crippen LogP contribution in [0.5, 0.6) is 0 Å². The number of sulfonamides is 1. The van der Waals surface area contributed by atoms with Crippen LogP contribution in [0, 0.1) is 5.92 Å². The first-order valence-electron chi connectivity index (χ1n) is 9.06. The third-order valence-corrected chi connectivity index (χ3v) is 8.53. The highest BCUT2D eigenvalue weighted by molar-refractivity contribution is 7.90. The van der Waals surface area contributed by atoms with Gasteiger partial charge in [0.05, 0.1) is 18.5 Å². The molecule has 0 bridgehead atoms. The second-order valence-corrected chi connectivity index (χ2v) is 9.77. The maximum absolute atomic E-state index is 12.7. The van der Waals surface area contributed by atoms with Crippen LogP contribution in [0.2, 0.25) is 0 Å². The summed E-state index contributed by atoms with van der Waals surface area (Å²) in [7, 11) is -3.07. The fraction of sp³-hybridized carbons (Fsp3) is 0.667. The standard InChI is InChI=1S/C18H24N2O3S/c21-24(22,13-5-6-13)20-11-16-14-3-1-2-4-15(14)18(17(16)12-20)19-7-9-23-10-8-19/h1-4,13,16-18H,5-12H2/t16-,17-,18-/m0/s1. The smallest absolute Gasteiger partial charge is 0.217 e. The maximum atomic E-state index is 12.7. The minimum atomic E-state index is -3.07. The number of rotatable bonds is 3. The van der Waals surface area contributed by atoms with Gasteiger partial charge in [-0.15, -0.1) is 0 Å². The number of benzene rings is 1. The Hall–Kier alpha value is -0.950. The van der Waals surface area contributed by atoms with Crippen molar-refractivity contribution in [2.75, 3.05) is 39.4 Å². The van der Waals surface area contributed by atoms with Crippen molar-refractivity contribution in [1.29, 1.82) is 0 Å². The van der Waals surface area contributed by atoms with Gasteiger partial charge in [0, 0.05) is 44.1 Å². The van der Waals surface area contributed by atoms with Gasteiger partial charge in [-0.25, -0.2) is 12.7 Å². The number of morpholine rings is 1. The molecule has 0 aromatic heterocycles. The average molecular weight is 348 g/mol. The molecule has 4 aliphatic rings. The molecule has 6 heteroatoms. The van der Waals surface area contributed by atoms with Gasteiger partial charge in [0.2, 0.25) is 10.0 Å². The van der Waals surface area contributed by atoms with E-state index in [0.29, 0.717) is 31.0 Å². The van der Waals surface area contributed by atoms with Crippen LogP contribution in [0.3, 0.4) is 0 Å². The Morgan fingerprint density at radius 1 is 1.00 bits per heavy atom. The Balaban J connectivity index is 1.49. The van der Waals surface area contributed by atoms with Crippen LogP contribution in [0.25, 0.3) is 0 Å². The van der Waals surface area contributed by atoms with E-state index in [4.69, 9.17) is 4.74 Å². The van der Waals surface area contributed by atoms with Crippen molar-refractivity contribution in [2.24, 2.45) is 5.92 Å². The van der Waals surface area contributed by atoms with Gasteiger partial charge in [0.15, 0.2) is 0 Å². The second-order valence-electron chi connectivity index (χ2n) is 7.55. The molecule has 5 rings (SSSR count). The summed E-state index contributed by atoms with van der Waals surface area (Å²) >= 11 is 0. The fourth-order valence-corrected chi connectivity index (χ4v) is 6.80. The number of hydrogen-bond acceptors (Lipinski definition) is 4. The van der Waals surface area contributed by atoms with Crippen molar-refractivity contribution in [2.45, 2.75) is 30.1 Å². The minimum Gasteiger partial charge on any atom is -0.379 e. The molecule has 2 aliphatic carbocycles. The van der Waals surface area contributed by atoms with Gasteiger partial charge in [-0.1, -0.05) is 24.3 Å². The third-order valence-electron chi connectivity index (χ3n) is 6.20. The molecular formula is C18H24N2O3S. The monoisotopic (exact) mass is 348 g/mol. The molecule has 24 heavy (non-hydrogen) atoms. The van der Waals surface area contributed by atoms with E-state index in [2.05, 4.69) is 29.2 Å². The topological polar surface area (TPSA) is 49.9 Å². The summed E-state index contributed by atoms with van der Waals surface area (Å²) in [5.41, 5.74) is 2.78. The van der Waals surface area contributed by atoms with E-state index >= 15 is 0 Å². The van der Waals surface area contributed by atoms with Gasteiger partial charge in [0.1, 0.15) is 0 Å². The first-order valence-corrected chi connectivity index (χ1v) is 10.6. The molecule has 0 radical (unpaired) electrons. The molecule has 2 saturated heterocycles. The van der Waals surface area contributed by atoms with Crippen molar-refractivity contribution in [3.8, 4) is 0 Å². The lowest BCUT2D eigenvalue weighted by Gasteiger charge is -2.36. The van der Waals surface area contributed by atoms with E-state index in [-0.39, 0.29) is 5.25 Å². The Bertz CT molecular complexity index is 740. The molecule has 1 aromatic carbocycles. The normalized spacial score (nSPS) is 34.2. The summed E-state index contributed by atoms with van der Waals surface area (Å²) in [5.74, 6) is 0.733. The Morgan fingerprint density at radius 3 is 2.42 bits per heavy atom. The highest BCUT2D eigenvalue weighted by Gasteiger charge is 2.52. The van der Waals surface area contributed by atoms with Crippen LogP contribution >= 0.6 is 0 Å². The van der Waals surface area contributed by atoms with Crippen molar-refractivity contribution >= 4 is 10.0 Å². The number of ether oxygens (including phenoxy) is 1. The molecule has 0 spiro atoms. The summed E-state index contributed by atoms with van der Waals surface area (Å²) in [6.07, 6.45) is 1.69. The number of nitrogens with zero attached hydrogens (tertiary/aromatic N) is 2. The van der Waals surface area contributed by atoms with Gasteiger partial charge in [-0.3, -0.25) is 4.90 Å². The largest absolute Gasteiger partial charge is 0.379 e. The van der Waals surface area contributed by atoms with Crippen LogP contribution < -0.4 is 0 Å². The maximum Gasteiger partial charge on any atom is 0.217 e. The summed E-state index contributed by atoms with van der Waals surface area (Å²) in [6, 6.07) is 9.00. The molecule has 1 saturated carbocycles. The molecule has 0 unspecified atom stereocenters. The zero-order valence-corrected chi connectivity index (χ0v) is 14.6. The van der Waals surface area contributed by atoms with Crippen LogP contribution in [0.15, 0.2) is 24.3 Å². The summed E-state index contributed by atoms with van der Waals surface area (Å²) in [5, 5.41) is -0.103. The highest BCUT2D eigenvalue weighted by atomic mass is 32.2. The fourth-order valence-electron chi connectivity index (χ4n) is 4.90. The quantitative estimate of drug-likeness (QED) is 0.832. The lowest BCUT2D eigenvalue weighted by molar-refractivity contribution is 0.00539. The van der Waals surface area contributed by atoms with Gasteiger partial charge in [-0.2, -0.15) is 0 Å². The van der Waals surface area contributed by atoms with Gasteiger partial charge >= 0.3 is 0 Å². The Morgan fingerprint density at radius 2 is 1.71 bits per heavy atom. The van der Waals surface area contributed by atoms with Crippen molar-refractivity contribution in [1.82, 2.24) is 9.21 Å². The summed E-state index contributed by atoms with van der Waals surface area (Å²) < 4.78 is 32.7. The van der Waals surface area contributed by atoms with Crippen LogP contribution in [0.4, 0.5) is 0 Å². The molecule has 0 N–H and O–H groups in total. The SMILES string of the molecule is O=S(=O)(C1CC1)N1C[C@H]2[C@@H](C1)c1ccccc1[C@@H]2N1CCOCC1. The molecular weight excluding hydrogens is 324 g/mol. The molecule has 0 amide bonds. The second kappa shape index (κ2) is 5.53. The van der Waals surface area contributed by atoms with Crippen molar-refractivity contribution < 1.29 is 13.2 Å². The first kappa shape index (κ1) is 15.3. The van der Waals surface area contributed by atoms with Crippen LogP contribution in [0.1, 0.15) is 35.9 Å². The van der Waals surface area contributed by atoms with E-state index in [1.165, 1.54) is 11.1 Å². The summed E-state index contributed by atoms with van der Waals surface area (Å²) in [6.45, 7) is 4.79.